The van der Waals surface area contributed by atoms with Crippen LogP contribution >= 0.6 is 11.6 Å². The monoisotopic (exact) mass is 262 g/mol. The van der Waals surface area contributed by atoms with Crippen molar-refractivity contribution in [3.05, 3.63) is 46.5 Å². The number of ether oxygens (including phenoxy) is 1. The first-order valence-corrected chi connectivity index (χ1v) is 6.05. The zero-order valence-electron chi connectivity index (χ0n) is 10.6. The highest BCUT2D eigenvalue weighted by atomic mass is 35.5. The number of aromatic hydroxyl groups is 1. The number of hydrogen-bond acceptors (Lipinski definition) is 2. The Balaban J connectivity index is 2.66. The molecule has 0 saturated carbocycles. The summed E-state index contributed by atoms with van der Waals surface area (Å²) in [5.41, 5.74) is 4.13. The van der Waals surface area contributed by atoms with E-state index in [0.29, 0.717) is 5.02 Å². The minimum absolute atomic E-state index is 0.0798. The van der Waals surface area contributed by atoms with Gasteiger partial charge in [-0.05, 0) is 48.7 Å². The van der Waals surface area contributed by atoms with Crippen LogP contribution in [0.15, 0.2) is 30.3 Å². The molecule has 18 heavy (non-hydrogen) atoms. The van der Waals surface area contributed by atoms with Crippen molar-refractivity contribution < 1.29 is 9.84 Å². The summed E-state index contributed by atoms with van der Waals surface area (Å²) in [6.07, 6.45) is 0. The molecule has 0 bridgehead atoms. The first-order chi connectivity index (χ1) is 8.52. The van der Waals surface area contributed by atoms with Gasteiger partial charge >= 0.3 is 0 Å². The second-order valence-electron chi connectivity index (χ2n) is 4.33. The minimum Gasteiger partial charge on any atom is -0.506 e. The molecule has 0 saturated heterocycles. The van der Waals surface area contributed by atoms with Crippen LogP contribution in [0.5, 0.6) is 11.5 Å². The van der Waals surface area contributed by atoms with Gasteiger partial charge in [-0.25, -0.2) is 0 Å². The molecule has 0 unspecified atom stereocenters. The number of aryl methyl sites for hydroxylation is 2. The molecule has 1 N–H and O–H groups in total. The van der Waals surface area contributed by atoms with Crippen molar-refractivity contribution in [3.8, 4) is 22.6 Å². The van der Waals surface area contributed by atoms with E-state index < -0.39 is 0 Å². The summed E-state index contributed by atoms with van der Waals surface area (Å²) in [5, 5.41) is 10.0. The fourth-order valence-corrected chi connectivity index (χ4v) is 2.25. The molecule has 0 heterocycles. The summed E-state index contributed by atoms with van der Waals surface area (Å²) < 4.78 is 5.42. The third-order valence-corrected chi connectivity index (χ3v) is 3.22. The van der Waals surface area contributed by atoms with Gasteiger partial charge in [0.15, 0.2) is 0 Å². The van der Waals surface area contributed by atoms with Gasteiger partial charge in [0.2, 0.25) is 0 Å². The first kappa shape index (κ1) is 12.8. The summed E-state index contributed by atoms with van der Waals surface area (Å²) in [4.78, 5) is 0. The topological polar surface area (TPSA) is 29.5 Å². The second kappa shape index (κ2) is 4.91. The van der Waals surface area contributed by atoms with Crippen molar-refractivity contribution in [1.82, 2.24) is 0 Å². The molecule has 0 aliphatic rings. The van der Waals surface area contributed by atoms with Crippen LogP contribution < -0.4 is 4.74 Å². The van der Waals surface area contributed by atoms with Crippen LogP contribution in [0.4, 0.5) is 0 Å². The molecule has 2 nitrogen and oxygen atoms in total. The normalized spacial score (nSPS) is 10.4. The quantitative estimate of drug-likeness (QED) is 0.872. The van der Waals surface area contributed by atoms with Gasteiger partial charge in [0, 0.05) is 5.56 Å². The van der Waals surface area contributed by atoms with Crippen LogP contribution in [0.25, 0.3) is 11.1 Å². The molecule has 0 radical (unpaired) electrons. The van der Waals surface area contributed by atoms with Crippen molar-refractivity contribution in [2.45, 2.75) is 13.8 Å². The molecule has 2 aromatic rings. The van der Waals surface area contributed by atoms with E-state index in [1.54, 1.807) is 19.2 Å². The lowest BCUT2D eigenvalue weighted by Crippen LogP contribution is -1.92. The number of halogens is 1. The number of rotatable bonds is 2. The van der Waals surface area contributed by atoms with Crippen molar-refractivity contribution in [1.29, 1.82) is 0 Å². The molecular weight excluding hydrogens is 248 g/mol. The summed E-state index contributed by atoms with van der Waals surface area (Å²) in [7, 11) is 1.65. The number of methoxy groups -OCH3 is 1. The van der Waals surface area contributed by atoms with E-state index in [-0.39, 0.29) is 5.75 Å². The molecule has 3 heteroatoms. The third-order valence-electron chi connectivity index (χ3n) is 2.90. The third kappa shape index (κ3) is 2.29. The Labute approximate surface area is 112 Å². The Kier molecular flexibility index (Phi) is 3.48. The maximum atomic E-state index is 9.70. The summed E-state index contributed by atoms with van der Waals surface area (Å²) in [5.74, 6) is 0.880. The molecule has 0 aliphatic heterocycles. The maximum Gasteiger partial charge on any atom is 0.134 e. The average molecular weight is 263 g/mol. The van der Waals surface area contributed by atoms with E-state index in [0.717, 1.165) is 28.0 Å². The fourth-order valence-electron chi connectivity index (χ4n) is 2.13. The molecule has 2 aromatic carbocycles. The van der Waals surface area contributed by atoms with Crippen LogP contribution in [0.2, 0.25) is 5.02 Å². The molecule has 0 atom stereocenters. The molecule has 94 valence electrons. The molecule has 0 aromatic heterocycles. The van der Waals surface area contributed by atoms with Gasteiger partial charge in [-0.2, -0.15) is 0 Å². The summed E-state index contributed by atoms with van der Waals surface area (Å²) in [6.45, 7) is 4.05. The zero-order valence-corrected chi connectivity index (χ0v) is 11.4. The maximum absolute atomic E-state index is 9.70. The lowest BCUT2D eigenvalue weighted by atomic mass is 9.97. The van der Waals surface area contributed by atoms with E-state index in [9.17, 15) is 5.11 Å². The van der Waals surface area contributed by atoms with Crippen LogP contribution in [-0.2, 0) is 0 Å². The standard InChI is InChI=1S/C15H15ClO2/c1-9-6-10(2)15(14(7-9)18-3)11-4-5-12(16)13(17)8-11/h4-8,17H,1-3H3. The average Bonchev–Trinajstić information content (AvgIpc) is 2.32. The van der Waals surface area contributed by atoms with E-state index in [4.69, 9.17) is 16.3 Å². The van der Waals surface area contributed by atoms with Crippen LogP contribution in [-0.4, -0.2) is 12.2 Å². The Morgan fingerprint density at radius 2 is 1.83 bits per heavy atom. The van der Waals surface area contributed by atoms with E-state index in [1.165, 1.54) is 0 Å². The van der Waals surface area contributed by atoms with E-state index in [1.807, 2.05) is 26.0 Å². The van der Waals surface area contributed by atoms with Gasteiger partial charge < -0.3 is 9.84 Å². The highest BCUT2D eigenvalue weighted by molar-refractivity contribution is 6.32. The Bertz CT molecular complexity index is 591. The number of phenols is 1. The highest BCUT2D eigenvalue weighted by Gasteiger charge is 2.11. The Hall–Kier alpha value is -1.67. The van der Waals surface area contributed by atoms with Gasteiger partial charge in [-0.1, -0.05) is 23.7 Å². The zero-order chi connectivity index (χ0) is 13.3. The smallest absolute Gasteiger partial charge is 0.134 e. The van der Waals surface area contributed by atoms with E-state index >= 15 is 0 Å². The first-order valence-electron chi connectivity index (χ1n) is 5.67. The molecular formula is C15H15ClO2. The molecule has 0 amide bonds. The predicted octanol–water partition coefficient (Wildman–Crippen LogP) is 4.34. The van der Waals surface area contributed by atoms with Gasteiger partial charge in [0.05, 0.1) is 12.1 Å². The Morgan fingerprint density at radius 1 is 1.11 bits per heavy atom. The van der Waals surface area contributed by atoms with Crippen molar-refractivity contribution in [2.24, 2.45) is 0 Å². The number of hydrogen-bond donors (Lipinski definition) is 1. The SMILES string of the molecule is COc1cc(C)cc(C)c1-c1ccc(Cl)c(O)c1. The van der Waals surface area contributed by atoms with Gasteiger partial charge in [0.25, 0.3) is 0 Å². The molecule has 2 rings (SSSR count). The second-order valence-corrected chi connectivity index (χ2v) is 4.73. The van der Waals surface area contributed by atoms with Gasteiger partial charge in [0.1, 0.15) is 11.5 Å². The Morgan fingerprint density at radius 3 is 2.44 bits per heavy atom. The van der Waals surface area contributed by atoms with Gasteiger partial charge in [-0.3, -0.25) is 0 Å². The summed E-state index contributed by atoms with van der Waals surface area (Å²) in [6, 6.07) is 9.28. The molecule has 0 aliphatic carbocycles. The van der Waals surface area contributed by atoms with Crippen LogP contribution in [0, 0.1) is 13.8 Å². The summed E-state index contributed by atoms with van der Waals surface area (Å²) >= 11 is 5.83. The van der Waals surface area contributed by atoms with Gasteiger partial charge in [-0.15, -0.1) is 0 Å². The molecule has 0 fully saturated rings. The predicted molar refractivity (Wildman–Crippen MR) is 74.6 cm³/mol. The largest absolute Gasteiger partial charge is 0.506 e. The van der Waals surface area contributed by atoms with Crippen molar-refractivity contribution in [3.63, 3.8) is 0 Å². The fraction of sp³-hybridized carbons (Fsp3) is 0.200. The van der Waals surface area contributed by atoms with Crippen molar-refractivity contribution >= 4 is 11.6 Å². The lowest BCUT2D eigenvalue weighted by molar-refractivity contribution is 0.416. The van der Waals surface area contributed by atoms with E-state index in [2.05, 4.69) is 6.07 Å². The van der Waals surface area contributed by atoms with Crippen molar-refractivity contribution in [2.75, 3.05) is 7.11 Å². The van der Waals surface area contributed by atoms with Crippen LogP contribution in [0.1, 0.15) is 11.1 Å². The highest BCUT2D eigenvalue weighted by Crippen LogP contribution is 2.37. The lowest BCUT2D eigenvalue weighted by Gasteiger charge is -2.13. The van der Waals surface area contributed by atoms with Crippen LogP contribution in [0.3, 0.4) is 0 Å². The molecule has 0 spiro atoms. The number of phenolic OH excluding ortho intramolecular Hbond substituents is 1. The minimum atomic E-state index is 0.0798. The number of benzene rings is 2.